The highest BCUT2D eigenvalue weighted by molar-refractivity contribution is 6.03. The first kappa shape index (κ1) is 32.1. The van der Waals surface area contributed by atoms with Gasteiger partial charge in [0, 0.05) is 12.2 Å². The number of nitrogens with zero attached hydrogens (tertiary/aromatic N) is 1. The number of anilines is 1. The first-order chi connectivity index (χ1) is 20.5. The second kappa shape index (κ2) is 14.1. The number of carbonyl (C=O) groups excluding carboxylic acids is 2. The molecule has 1 fully saturated rings. The summed E-state index contributed by atoms with van der Waals surface area (Å²) in [4.78, 5) is 27.3. The number of aliphatic hydroxyl groups is 6. The molecular formula is C31H34F2N2O8. The Morgan fingerprint density at radius 3 is 2.14 bits per heavy atom. The second-order valence-electron chi connectivity index (χ2n) is 10.5. The van der Waals surface area contributed by atoms with Crippen molar-refractivity contribution in [1.82, 2.24) is 5.32 Å². The topological polar surface area (TPSA) is 171 Å². The molecule has 230 valence electrons. The fourth-order valence-electron chi connectivity index (χ4n) is 5.15. The zero-order valence-corrected chi connectivity index (χ0v) is 23.0. The van der Waals surface area contributed by atoms with Gasteiger partial charge in [-0.1, -0.05) is 36.4 Å². The van der Waals surface area contributed by atoms with Gasteiger partial charge >= 0.3 is 0 Å². The van der Waals surface area contributed by atoms with E-state index in [0.29, 0.717) is 28.8 Å². The highest BCUT2D eigenvalue weighted by Gasteiger charge is 2.48. The Morgan fingerprint density at radius 1 is 0.884 bits per heavy atom. The van der Waals surface area contributed by atoms with Crippen molar-refractivity contribution in [3.63, 3.8) is 0 Å². The number of aliphatic hydroxyl groups excluding tert-OH is 6. The molecule has 10 nitrogen and oxygen atoms in total. The van der Waals surface area contributed by atoms with Crippen LogP contribution in [0.5, 0.6) is 0 Å². The fourth-order valence-corrected chi connectivity index (χ4v) is 5.15. The number of halogens is 2. The second-order valence-corrected chi connectivity index (χ2v) is 10.5. The maximum atomic E-state index is 13.6. The Hall–Kier alpha value is -3.78. The maximum absolute atomic E-state index is 13.6. The maximum Gasteiger partial charge on any atom is 0.251 e. The van der Waals surface area contributed by atoms with Gasteiger partial charge in [0.15, 0.2) is 6.10 Å². The molecule has 0 radical (unpaired) electrons. The van der Waals surface area contributed by atoms with Crippen molar-refractivity contribution < 1.29 is 49.0 Å². The standard InChI is InChI=1S/C31H34F2N2O8/c32-20-6-4-18(5-7-20)24(37)13-12-23-26(35(31(23)43)22-10-8-21(33)9-11-22)19-3-1-2-17(14-19)15-34-30(42)29(41)28(40)27(39)25(38)16-36/h1-11,14,23-29,36-41H,12-13,15-16H2,(H,34,42). The number of amides is 2. The highest BCUT2D eigenvalue weighted by atomic mass is 19.1. The fraction of sp³-hybridized carbons (Fsp3) is 0.355. The molecule has 1 saturated heterocycles. The summed E-state index contributed by atoms with van der Waals surface area (Å²) in [7, 11) is 0. The van der Waals surface area contributed by atoms with E-state index in [9.17, 15) is 43.9 Å². The Kier molecular flexibility index (Phi) is 10.6. The normalized spacial score (nSPS) is 20.1. The van der Waals surface area contributed by atoms with Crippen LogP contribution in [0, 0.1) is 17.6 Å². The minimum absolute atomic E-state index is 0.0970. The van der Waals surface area contributed by atoms with Crippen molar-refractivity contribution in [1.29, 1.82) is 0 Å². The summed E-state index contributed by atoms with van der Waals surface area (Å²) in [6.45, 7) is -0.982. The molecule has 2 amide bonds. The van der Waals surface area contributed by atoms with Gasteiger partial charge in [-0.3, -0.25) is 9.59 Å². The van der Waals surface area contributed by atoms with Gasteiger partial charge in [0.25, 0.3) is 5.91 Å². The van der Waals surface area contributed by atoms with Gasteiger partial charge in [-0.2, -0.15) is 0 Å². The van der Waals surface area contributed by atoms with Gasteiger partial charge in [0.05, 0.1) is 24.7 Å². The summed E-state index contributed by atoms with van der Waals surface area (Å²) in [6, 6.07) is 17.4. The number of nitrogens with one attached hydrogen (secondary N) is 1. The molecule has 0 aromatic heterocycles. The third-order valence-electron chi connectivity index (χ3n) is 7.61. The van der Waals surface area contributed by atoms with Crippen molar-refractivity contribution >= 4 is 17.5 Å². The van der Waals surface area contributed by atoms with Gasteiger partial charge in [-0.25, -0.2) is 8.78 Å². The number of rotatable bonds is 13. The van der Waals surface area contributed by atoms with Crippen LogP contribution in [0.4, 0.5) is 14.5 Å². The van der Waals surface area contributed by atoms with E-state index in [1.54, 1.807) is 24.3 Å². The molecule has 1 heterocycles. The highest BCUT2D eigenvalue weighted by Crippen LogP contribution is 2.46. The van der Waals surface area contributed by atoms with Gasteiger partial charge in [-0.15, -0.1) is 0 Å². The lowest BCUT2D eigenvalue weighted by Gasteiger charge is -2.48. The Balaban J connectivity index is 1.49. The van der Waals surface area contributed by atoms with Crippen molar-refractivity contribution in [3.05, 3.63) is 101 Å². The minimum atomic E-state index is -2.09. The van der Waals surface area contributed by atoms with Crippen LogP contribution in [0.3, 0.4) is 0 Å². The van der Waals surface area contributed by atoms with E-state index in [2.05, 4.69) is 5.32 Å². The van der Waals surface area contributed by atoms with Crippen molar-refractivity contribution in [2.75, 3.05) is 11.5 Å². The monoisotopic (exact) mass is 600 g/mol. The predicted molar refractivity (Wildman–Crippen MR) is 150 cm³/mol. The van der Waals surface area contributed by atoms with Crippen LogP contribution < -0.4 is 10.2 Å². The quantitative estimate of drug-likeness (QED) is 0.144. The third-order valence-corrected chi connectivity index (χ3v) is 7.61. The minimum Gasteiger partial charge on any atom is -0.394 e. The molecule has 3 aromatic rings. The Labute approximate surface area is 246 Å². The zero-order chi connectivity index (χ0) is 31.3. The van der Waals surface area contributed by atoms with Crippen LogP contribution in [0.1, 0.15) is 41.7 Å². The summed E-state index contributed by atoms with van der Waals surface area (Å²) < 4.78 is 26.9. The van der Waals surface area contributed by atoms with Crippen LogP contribution in [0.2, 0.25) is 0 Å². The van der Waals surface area contributed by atoms with Crippen molar-refractivity contribution in [2.24, 2.45) is 5.92 Å². The predicted octanol–water partition coefficient (Wildman–Crippen LogP) is 1.23. The van der Waals surface area contributed by atoms with Crippen LogP contribution in [-0.2, 0) is 16.1 Å². The molecule has 7 unspecified atom stereocenters. The molecule has 7 atom stereocenters. The SMILES string of the molecule is O=C(NCc1cccc(C2C(CCC(O)c3ccc(F)cc3)C(=O)N2c2ccc(F)cc2)c1)C(O)C(O)C(O)C(O)CO. The molecule has 0 aliphatic carbocycles. The smallest absolute Gasteiger partial charge is 0.251 e. The lowest BCUT2D eigenvalue weighted by molar-refractivity contribution is -0.149. The van der Waals surface area contributed by atoms with E-state index < -0.39 is 66.6 Å². The van der Waals surface area contributed by atoms with Crippen LogP contribution in [0.25, 0.3) is 0 Å². The van der Waals surface area contributed by atoms with Gasteiger partial charge in [0.1, 0.15) is 29.9 Å². The van der Waals surface area contributed by atoms with Crippen molar-refractivity contribution in [3.8, 4) is 0 Å². The first-order valence-corrected chi connectivity index (χ1v) is 13.7. The largest absolute Gasteiger partial charge is 0.394 e. The molecule has 1 aliphatic heterocycles. The third kappa shape index (κ3) is 7.42. The molecule has 4 rings (SSSR count). The van der Waals surface area contributed by atoms with E-state index in [1.165, 1.54) is 53.4 Å². The lowest BCUT2D eigenvalue weighted by atomic mass is 9.78. The molecule has 1 aliphatic rings. The van der Waals surface area contributed by atoms with E-state index in [4.69, 9.17) is 5.11 Å². The van der Waals surface area contributed by atoms with Crippen LogP contribution >= 0.6 is 0 Å². The number of hydrogen-bond acceptors (Lipinski definition) is 8. The first-order valence-electron chi connectivity index (χ1n) is 13.7. The molecule has 0 spiro atoms. The summed E-state index contributed by atoms with van der Waals surface area (Å²) in [6.07, 6.45) is -8.25. The number of carbonyl (C=O) groups is 2. The van der Waals surface area contributed by atoms with E-state index >= 15 is 0 Å². The van der Waals surface area contributed by atoms with Crippen LogP contribution in [-0.4, -0.2) is 73.5 Å². The summed E-state index contributed by atoms with van der Waals surface area (Å²) in [5.74, 6) is -2.68. The number of hydrogen-bond donors (Lipinski definition) is 7. The lowest BCUT2D eigenvalue weighted by Crippen LogP contribution is -2.55. The molecule has 3 aromatic carbocycles. The van der Waals surface area contributed by atoms with E-state index in [-0.39, 0.29) is 18.9 Å². The molecule has 43 heavy (non-hydrogen) atoms. The molecule has 12 heteroatoms. The average molecular weight is 601 g/mol. The van der Waals surface area contributed by atoms with E-state index in [1.807, 2.05) is 0 Å². The zero-order valence-electron chi connectivity index (χ0n) is 23.0. The van der Waals surface area contributed by atoms with Crippen molar-refractivity contribution in [2.45, 2.75) is 55.9 Å². The number of benzene rings is 3. The molecule has 0 bridgehead atoms. The molecule has 0 saturated carbocycles. The van der Waals surface area contributed by atoms with Gasteiger partial charge in [-0.05, 0) is 65.9 Å². The Morgan fingerprint density at radius 2 is 1.51 bits per heavy atom. The number of β-lactam (4-membered cyclic amide) rings is 1. The average Bonchev–Trinajstić information content (AvgIpc) is 3.02. The Bertz CT molecular complexity index is 1390. The van der Waals surface area contributed by atoms with E-state index in [0.717, 1.165) is 0 Å². The van der Waals surface area contributed by atoms with Crippen LogP contribution in [0.15, 0.2) is 72.8 Å². The summed E-state index contributed by atoms with van der Waals surface area (Å²) >= 11 is 0. The molecular weight excluding hydrogens is 566 g/mol. The molecule has 7 N–H and O–H groups in total. The van der Waals surface area contributed by atoms with Gasteiger partial charge < -0.3 is 40.9 Å². The summed E-state index contributed by atoms with van der Waals surface area (Å²) in [5, 5.41) is 61.3. The van der Waals surface area contributed by atoms with Gasteiger partial charge in [0.2, 0.25) is 5.91 Å². The summed E-state index contributed by atoms with van der Waals surface area (Å²) in [5.41, 5.74) is 2.26.